The van der Waals surface area contributed by atoms with Gasteiger partial charge in [-0.15, -0.1) is 0 Å². The van der Waals surface area contributed by atoms with E-state index in [1.165, 1.54) is 18.4 Å². The summed E-state index contributed by atoms with van der Waals surface area (Å²) in [6.07, 6.45) is 9.96. The van der Waals surface area contributed by atoms with Crippen molar-refractivity contribution in [3.05, 3.63) is 83.2 Å². The molecule has 0 radical (unpaired) electrons. The van der Waals surface area contributed by atoms with Crippen LogP contribution in [0.4, 0.5) is 5.82 Å². The Balaban J connectivity index is 0.00000148. The molecule has 2 fully saturated rings. The molecule has 2 amide bonds. The van der Waals surface area contributed by atoms with E-state index in [1.807, 2.05) is 76.9 Å². The second-order valence-electron chi connectivity index (χ2n) is 13.0. The van der Waals surface area contributed by atoms with Crippen LogP contribution in [0.1, 0.15) is 102 Å². The third-order valence-electron chi connectivity index (χ3n) is 8.96. The second kappa shape index (κ2) is 18.3. The molecule has 9 nitrogen and oxygen atoms in total. The minimum atomic E-state index is -0.266. The summed E-state index contributed by atoms with van der Waals surface area (Å²) in [5, 5.41) is 2.93. The number of piperidine rings is 1. The van der Waals surface area contributed by atoms with Gasteiger partial charge in [0, 0.05) is 53.8 Å². The number of likely N-dealkylation sites (N-methyl/N-ethyl adjacent to an activating group) is 1. The highest BCUT2D eigenvalue weighted by Crippen LogP contribution is 2.40. The Bertz CT molecular complexity index is 1520. The summed E-state index contributed by atoms with van der Waals surface area (Å²) < 4.78 is 6.05. The van der Waals surface area contributed by atoms with Gasteiger partial charge in [-0.3, -0.25) is 19.5 Å². The van der Waals surface area contributed by atoms with Gasteiger partial charge >= 0.3 is 0 Å². The number of nitrogens with two attached hydrogens (primary N) is 1. The number of anilines is 1. The summed E-state index contributed by atoms with van der Waals surface area (Å²) in [6.45, 7) is 20.1. The number of ether oxygens (including phenoxy) is 1. The molecule has 4 rings (SSSR count). The first-order chi connectivity index (χ1) is 22.9. The molecule has 1 aromatic carbocycles. The molecule has 1 aliphatic heterocycles. The van der Waals surface area contributed by atoms with E-state index in [0.717, 1.165) is 36.2 Å². The molecule has 1 saturated heterocycles. The lowest BCUT2D eigenvalue weighted by molar-refractivity contribution is -0.133. The average molecular weight is 657 g/mol. The van der Waals surface area contributed by atoms with E-state index < -0.39 is 0 Å². The van der Waals surface area contributed by atoms with Crippen molar-refractivity contribution in [3.63, 3.8) is 0 Å². The summed E-state index contributed by atoms with van der Waals surface area (Å²) in [4.78, 5) is 39.8. The topological polar surface area (TPSA) is 113 Å². The number of carbonyl (C=O) groups excluding carboxylic acids is 2. The normalized spacial score (nSPS) is 17.2. The van der Waals surface area contributed by atoms with Crippen LogP contribution in [-0.4, -0.2) is 71.6 Å². The monoisotopic (exact) mass is 656 g/mol. The Kier molecular flexibility index (Phi) is 14.6. The van der Waals surface area contributed by atoms with Crippen LogP contribution in [-0.2, 0) is 4.79 Å². The largest absolute Gasteiger partial charge is 0.493 e. The van der Waals surface area contributed by atoms with E-state index in [2.05, 4.69) is 35.6 Å². The molecule has 1 aromatic heterocycles. The highest BCUT2D eigenvalue weighted by molar-refractivity contribution is 6.04. The third kappa shape index (κ3) is 10.9. The number of benzene rings is 1. The Morgan fingerprint density at radius 1 is 1.17 bits per heavy atom. The number of likely N-dealkylation sites (tertiary alicyclic amines) is 1. The Morgan fingerprint density at radius 3 is 2.48 bits per heavy atom. The standard InChI is InChI=1S/C35H48N6O3.C4H8/c1-8-44-31-18-28(35(43)39-32-19-27(15-16-37-32)26-11-12-26)13-14-30(31)34(23(4)24(5)36)38-25(6)29-10-9-17-41(20-29)33(42)21-40(7)22(2)3;1-3-4-2/h13-16,18-19,22,26,29H,5,8-12,17,20-21,36H2,1-4,6-7H3,(H,37,39,43);3-4H,1-2H3/b34-23+,38-25?;4-3-. The van der Waals surface area contributed by atoms with Crippen LogP contribution < -0.4 is 15.8 Å². The number of pyridine rings is 1. The van der Waals surface area contributed by atoms with Crippen molar-refractivity contribution < 1.29 is 14.3 Å². The summed E-state index contributed by atoms with van der Waals surface area (Å²) in [5.41, 5.74) is 11.3. The number of aromatic nitrogens is 1. The number of nitrogens with one attached hydrogen (secondary N) is 1. The van der Waals surface area contributed by atoms with Crippen molar-refractivity contribution in [2.45, 2.75) is 86.1 Å². The highest BCUT2D eigenvalue weighted by atomic mass is 16.5. The Morgan fingerprint density at radius 2 is 1.88 bits per heavy atom. The minimum Gasteiger partial charge on any atom is -0.493 e. The number of carbonyl (C=O) groups is 2. The first kappa shape index (κ1) is 38.2. The zero-order chi connectivity index (χ0) is 35.4. The van der Waals surface area contributed by atoms with Crippen LogP contribution in [0.15, 0.2) is 71.5 Å². The van der Waals surface area contributed by atoms with E-state index in [-0.39, 0.29) is 17.7 Å². The van der Waals surface area contributed by atoms with Crippen molar-refractivity contribution >= 4 is 29.0 Å². The lowest BCUT2D eigenvalue weighted by Crippen LogP contribution is -2.46. The first-order valence-corrected chi connectivity index (χ1v) is 17.2. The zero-order valence-corrected chi connectivity index (χ0v) is 30.3. The zero-order valence-electron chi connectivity index (χ0n) is 30.3. The molecule has 2 heterocycles. The summed E-state index contributed by atoms with van der Waals surface area (Å²) in [7, 11) is 1.98. The van der Waals surface area contributed by atoms with Crippen molar-refractivity contribution in [3.8, 4) is 5.75 Å². The summed E-state index contributed by atoms with van der Waals surface area (Å²) in [5.74, 6) is 1.63. The maximum absolute atomic E-state index is 13.2. The van der Waals surface area contributed by atoms with Crippen molar-refractivity contribution in [1.29, 1.82) is 0 Å². The molecule has 2 aliphatic rings. The molecule has 1 atom stereocenters. The molecule has 48 heavy (non-hydrogen) atoms. The maximum Gasteiger partial charge on any atom is 0.256 e. The molecule has 0 spiro atoms. The highest BCUT2D eigenvalue weighted by Gasteiger charge is 2.27. The lowest BCUT2D eigenvalue weighted by atomic mass is 9.93. The third-order valence-corrected chi connectivity index (χ3v) is 8.96. The van der Waals surface area contributed by atoms with Gasteiger partial charge in [0.25, 0.3) is 5.91 Å². The van der Waals surface area contributed by atoms with Crippen LogP contribution in [0.3, 0.4) is 0 Å². The number of hydrogen-bond donors (Lipinski definition) is 2. The molecule has 260 valence electrons. The van der Waals surface area contributed by atoms with Crippen molar-refractivity contribution in [2.24, 2.45) is 16.6 Å². The number of amides is 2. The molecule has 3 N–H and O–H groups in total. The van der Waals surface area contributed by atoms with Gasteiger partial charge in [-0.1, -0.05) is 18.7 Å². The number of allylic oxidation sites excluding steroid dienone is 3. The number of hydrogen-bond acceptors (Lipinski definition) is 7. The molecule has 1 saturated carbocycles. The van der Waals surface area contributed by atoms with Gasteiger partial charge in [0.15, 0.2) is 0 Å². The van der Waals surface area contributed by atoms with Gasteiger partial charge in [0.1, 0.15) is 11.6 Å². The van der Waals surface area contributed by atoms with Crippen LogP contribution in [0.25, 0.3) is 5.70 Å². The molecule has 9 heteroatoms. The number of rotatable bonds is 12. The van der Waals surface area contributed by atoms with Gasteiger partial charge in [-0.2, -0.15) is 0 Å². The van der Waals surface area contributed by atoms with E-state index >= 15 is 0 Å². The van der Waals surface area contributed by atoms with Crippen LogP contribution >= 0.6 is 0 Å². The van der Waals surface area contributed by atoms with Crippen LogP contribution in [0, 0.1) is 5.92 Å². The minimum absolute atomic E-state index is 0.116. The van der Waals surface area contributed by atoms with E-state index in [0.29, 0.717) is 60.2 Å². The van der Waals surface area contributed by atoms with Crippen LogP contribution in [0.5, 0.6) is 5.75 Å². The molecule has 2 aromatic rings. The Hall–Kier alpha value is -4.24. The quantitative estimate of drug-likeness (QED) is 0.140. The average Bonchev–Trinajstić information content (AvgIpc) is 3.93. The fourth-order valence-electron chi connectivity index (χ4n) is 5.31. The molecule has 0 bridgehead atoms. The predicted molar refractivity (Wildman–Crippen MR) is 198 cm³/mol. The van der Waals surface area contributed by atoms with Crippen molar-refractivity contribution in [1.82, 2.24) is 14.8 Å². The number of nitrogens with zero attached hydrogens (tertiary/aromatic N) is 4. The SMILES string of the molecule is C/C=C\C.C=C(N)/C(C)=C(/N=C(C)C1CCCN(C(=O)CN(C)C(C)C)C1)c1ccc(C(=O)Nc2cc(C3CC3)ccn2)cc1OCC. The Labute approximate surface area is 288 Å². The van der Waals surface area contributed by atoms with Gasteiger partial charge < -0.3 is 20.7 Å². The summed E-state index contributed by atoms with van der Waals surface area (Å²) >= 11 is 0. The first-order valence-electron chi connectivity index (χ1n) is 17.2. The van der Waals surface area contributed by atoms with E-state index in [4.69, 9.17) is 15.5 Å². The molecular formula is C39H56N6O3. The summed E-state index contributed by atoms with van der Waals surface area (Å²) in [6, 6.07) is 9.61. The van der Waals surface area contributed by atoms with Gasteiger partial charge in [0.05, 0.1) is 18.8 Å². The second-order valence-corrected chi connectivity index (χ2v) is 13.0. The number of aliphatic imine (C=N–C) groups is 1. The van der Waals surface area contributed by atoms with E-state index in [1.54, 1.807) is 18.3 Å². The van der Waals surface area contributed by atoms with Gasteiger partial charge in [-0.05, 0) is 129 Å². The van der Waals surface area contributed by atoms with Gasteiger partial charge in [0.2, 0.25) is 5.91 Å². The van der Waals surface area contributed by atoms with E-state index in [9.17, 15) is 9.59 Å². The molecule has 1 aliphatic carbocycles. The molecular weight excluding hydrogens is 600 g/mol. The maximum atomic E-state index is 13.2. The molecule has 1 unspecified atom stereocenters. The van der Waals surface area contributed by atoms with Crippen LogP contribution in [0.2, 0.25) is 0 Å². The van der Waals surface area contributed by atoms with Gasteiger partial charge in [-0.25, -0.2) is 4.98 Å². The lowest BCUT2D eigenvalue weighted by Gasteiger charge is -2.34. The predicted octanol–water partition coefficient (Wildman–Crippen LogP) is 7.44. The fourth-order valence-corrected chi connectivity index (χ4v) is 5.31. The fraction of sp³-hybridized carbons (Fsp3) is 0.487. The smallest absolute Gasteiger partial charge is 0.256 e. The van der Waals surface area contributed by atoms with Crippen molar-refractivity contribution in [2.75, 3.05) is 38.6 Å².